The van der Waals surface area contributed by atoms with Crippen molar-refractivity contribution in [2.75, 3.05) is 34.5 Å². The van der Waals surface area contributed by atoms with Gasteiger partial charge in [-0.1, -0.05) is 26.0 Å². The minimum absolute atomic E-state index is 0.202. The molecular weight excluding hydrogens is 426 g/mol. The first-order valence-electron chi connectivity index (χ1n) is 10.9. The molecule has 2 aromatic carbocycles. The minimum Gasteiger partial charge on any atom is -0.493 e. The number of ether oxygens (including phenoxy) is 5. The van der Waals surface area contributed by atoms with Crippen LogP contribution in [0.5, 0.6) is 17.2 Å². The highest BCUT2D eigenvalue weighted by atomic mass is 16.6. The Balaban J connectivity index is 1.76. The van der Waals surface area contributed by atoms with Gasteiger partial charge in [-0.05, 0) is 53.3 Å². The van der Waals surface area contributed by atoms with E-state index in [0.717, 1.165) is 11.1 Å². The van der Waals surface area contributed by atoms with E-state index in [4.69, 9.17) is 23.7 Å². The average molecular weight is 458 g/mol. The molecule has 1 aliphatic heterocycles. The van der Waals surface area contributed by atoms with E-state index >= 15 is 0 Å². The molecule has 0 aliphatic carbocycles. The van der Waals surface area contributed by atoms with Crippen molar-refractivity contribution in [3.8, 4) is 17.2 Å². The Labute approximate surface area is 194 Å². The van der Waals surface area contributed by atoms with Crippen molar-refractivity contribution in [1.82, 2.24) is 4.90 Å². The number of carbonyl (C=O) groups excluding carboxylic acids is 2. The fourth-order valence-electron chi connectivity index (χ4n) is 3.71. The summed E-state index contributed by atoms with van der Waals surface area (Å²) < 4.78 is 26.9. The Morgan fingerprint density at radius 2 is 1.79 bits per heavy atom. The topological polar surface area (TPSA) is 83.5 Å². The van der Waals surface area contributed by atoms with E-state index < -0.39 is 18.1 Å². The average Bonchev–Trinajstić information content (AvgIpc) is 2.84. The van der Waals surface area contributed by atoms with E-state index in [1.165, 1.54) is 12.0 Å². The fourth-order valence-corrected chi connectivity index (χ4v) is 3.71. The number of methoxy groups -OCH3 is 3. The second-order valence-corrected chi connectivity index (χ2v) is 8.18. The van der Waals surface area contributed by atoms with Crippen LogP contribution in [0.25, 0.3) is 0 Å². The quantitative estimate of drug-likeness (QED) is 0.551. The van der Waals surface area contributed by atoms with Crippen LogP contribution in [0.3, 0.4) is 0 Å². The number of carbonyl (C=O) groups is 2. The van der Waals surface area contributed by atoms with Crippen LogP contribution in [0.15, 0.2) is 36.4 Å². The molecule has 33 heavy (non-hydrogen) atoms. The van der Waals surface area contributed by atoms with Gasteiger partial charge in [-0.2, -0.15) is 0 Å². The number of hydrogen-bond acceptors (Lipinski definition) is 7. The summed E-state index contributed by atoms with van der Waals surface area (Å²) >= 11 is 0. The van der Waals surface area contributed by atoms with Crippen LogP contribution in [0.1, 0.15) is 36.6 Å². The molecule has 178 valence electrons. The SMILES string of the molecule is COC(=O)C1c2ccc(OCc3ccc(OC)c(OC)c3)cc2CCN1C(=O)OCC(C)C. The monoisotopic (exact) mass is 457 g/mol. The maximum Gasteiger partial charge on any atom is 0.410 e. The molecule has 0 radical (unpaired) electrons. The van der Waals surface area contributed by atoms with Gasteiger partial charge in [-0.25, -0.2) is 9.59 Å². The number of hydrogen-bond donors (Lipinski definition) is 0. The van der Waals surface area contributed by atoms with Gasteiger partial charge in [0.15, 0.2) is 17.5 Å². The minimum atomic E-state index is -0.849. The Morgan fingerprint density at radius 1 is 1.03 bits per heavy atom. The maximum atomic E-state index is 12.6. The van der Waals surface area contributed by atoms with Gasteiger partial charge in [0.2, 0.25) is 0 Å². The van der Waals surface area contributed by atoms with Crippen molar-refractivity contribution in [1.29, 1.82) is 0 Å². The predicted octanol–water partition coefficient (Wildman–Crippen LogP) is 4.15. The molecule has 2 aromatic rings. The third-order valence-corrected chi connectivity index (χ3v) is 5.40. The summed E-state index contributed by atoms with van der Waals surface area (Å²) in [6.45, 7) is 4.90. The standard InChI is InChI=1S/C25H31NO7/c1-16(2)14-33-25(28)26-11-10-18-13-19(7-8-20(18)23(26)24(27)31-5)32-15-17-6-9-21(29-3)22(12-17)30-4/h6-9,12-13,16,23H,10-11,14-15H2,1-5H3. The summed E-state index contributed by atoms with van der Waals surface area (Å²) in [6, 6.07) is 10.3. The van der Waals surface area contributed by atoms with Crippen LogP contribution in [0.2, 0.25) is 0 Å². The van der Waals surface area contributed by atoms with Crippen LogP contribution in [-0.4, -0.2) is 51.4 Å². The second-order valence-electron chi connectivity index (χ2n) is 8.18. The normalized spacial score (nSPS) is 15.0. The Morgan fingerprint density at radius 3 is 2.45 bits per heavy atom. The third-order valence-electron chi connectivity index (χ3n) is 5.40. The smallest absolute Gasteiger partial charge is 0.410 e. The van der Waals surface area contributed by atoms with Gasteiger partial charge in [-0.15, -0.1) is 0 Å². The van der Waals surface area contributed by atoms with Crippen LogP contribution in [-0.2, 0) is 27.3 Å². The van der Waals surface area contributed by atoms with E-state index in [1.807, 2.05) is 44.2 Å². The zero-order valence-corrected chi connectivity index (χ0v) is 19.8. The van der Waals surface area contributed by atoms with Gasteiger partial charge in [-0.3, -0.25) is 4.90 Å². The molecule has 1 unspecified atom stereocenters. The Bertz CT molecular complexity index is 989. The van der Waals surface area contributed by atoms with Crippen molar-refractivity contribution in [2.24, 2.45) is 5.92 Å². The third kappa shape index (κ3) is 5.69. The highest BCUT2D eigenvalue weighted by molar-refractivity contribution is 5.84. The maximum absolute atomic E-state index is 12.6. The highest BCUT2D eigenvalue weighted by Gasteiger charge is 2.38. The molecule has 0 N–H and O–H groups in total. The first-order chi connectivity index (χ1) is 15.9. The lowest BCUT2D eigenvalue weighted by Crippen LogP contribution is -2.44. The van der Waals surface area contributed by atoms with Gasteiger partial charge in [0.25, 0.3) is 0 Å². The van der Waals surface area contributed by atoms with Crippen LogP contribution in [0.4, 0.5) is 4.79 Å². The van der Waals surface area contributed by atoms with Crippen LogP contribution in [0, 0.1) is 5.92 Å². The molecule has 8 nitrogen and oxygen atoms in total. The molecular formula is C25H31NO7. The predicted molar refractivity (Wildman–Crippen MR) is 122 cm³/mol. The lowest BCUT2D eigenvalue weighted by molar-refractivity contribution is -0.147. The van der Waals surface area contributed by atoms with Crippen molar-refractivity contribution in [3.05, 3.63) is 53.1 Å². The summed E-state index contributed by atoms with van der Waals surface area (Å²) in [4.78, 5) is 26.6. The van der Waals surface area contributed by atoms with Gasteiger partial charge in [0.05, 0.1) is 27.9 Å². The summed E-state index contributed by atoms with van der Waals surface area (Å²) in [7, 11) is 4.49. The molecule has 1 amide bonds. The molecule has 0 fully saturated rings. The van der Waals surface area contributed by atoms with Crippen molar-refractivity contribution in [3.63, 3.8) is 0 Å². The first kappa shape index (κ1) is 24.2. The molecule has 0 spiro atoms. The number of amides is 1. The summed E-state index contributed by atoms with van der Waals surface area (Å²) in [6.07, 6.45) is 0.0613. The summed E-state index contributed by atoms with van der Waals surface area (Å²) in [5.74, 6) is 1.65. The first-order valence-corrected chi connectivity index (χ1v) is 10.9. The zero-order valence-electron chi connectivity index (χ0n) is 19.8. The van der Waals surface area contributed by atoms with E-state index in [9.17, 15) is 9.59 Å². The van der Waals surface area contributed by atoms with Crippen molar-refractivity contribution < 1.29 is 33.3 Å². The lowest BCUT2D eigenvalue weighted by atomic mass is 9.92. The summed E-state index contributed by atoms with van der Waals surface area (Å²) in [5.41, 5.74) is 2.58. The molecule has 1 heterocycles. The van der Waals surface area contributed by atoms with E-state index in [-0.39, 0.29) is 5.92 Å². The molecule has 0 saturated carbocycles. The van der Waals surface area contributed by atoms with Crippen molar-refractivity contribution in [2.45, 2.75) is 32.9 Å². The van der Waals surface area contributed by atoms with Crippen LogP contribution < -0.4 is 14.2 Å². The van der Waals surface area contributed by atoms with Gasteiger partial charge < -0.3 is 23.7 Å². The fraction of sp³-hybridized carbons (Fsp3) is 0.440. The number of rotatable bonds is 8. The summed E-state index contributed by atoms with van der Waals surface area (Å²) in [5, 5.41) is 0. The lowest BCUT2D eigenvalue weighted by Gasteiger charge is -2.35. The Kier molecular flexibility index (Phi) is 8.03. The highest BCUT2D eigenvalue weighted by Crippen LogP contribution is 2.34. The molecule has 1 aliphatic rings. The molecule has 8 heteroatoms. The number of esters is 1. The van der Waals surface area contributed by atoms with E-state index in [1.54, 1.807) is 20.3 Å². The van der Waals surface area contributed by atoms with Crippen molar-refractivity contribution >= 4 is 12.1 Å². The number of nitrogens with zero attached hydrogens (tertiary/aromatic N) is 1. The van der Waals surface area contributed by atoms with Gasteiger partial charge >= 0.3 is 12.1 Å². The molecule has 0 aromatic heterocycles. The zero-order chi connectivity index (χ0) is 24.0. The molecule has 1 atom stereocenters. The Hall–Kier alpha value is -3.42. The molecule has 0 bridgehead atoms. The molecule has 3 rings (SSSR count). The number of benzene rings is 2. The van der Waals surface area contributed by atoms with E-state index in [0.29, 0.717) is 49.0 Å². The largest absolute Gasteiger partial charge is 0.493 e. The number of fused-ring (bicyclic) bond motifs is 1. The van der Waals surface area contributed by atoms with Crippen LogP contribution >= 0.6 is 0 Å². The van der Waals surface area contributed by atoms with E-state index in [2.05, 4.69) is 0 Å². The second kappa shape index (κ2) is 10.9. The van der Waals surface area contributed by atoms with Gasteiger partial charge in [0, 0.05) is 6.54 Å². The van der Waals surface area contributed by atoms with Gasteiger partial charge in [0.1, 0.15) is 12.4 Å². The molecule has 0 saturated heterocycles.